The zero-order valence-corrected chi connectivity index (χ0v) is 14.9. The van der Waals surface area contributed by atoms with Crippen LogP contribution < -0.4 is 11.2 Å². The van der Waals surface area contributed by atoms with Gasteiger partial charge in [-0.3, -0.25) is 19.1 Å². The van der Waals surface area contributed by atoms with Crippen LogP contribution in [-0.2, 0) is 16.1 Å². The minimum Gasteiger partial charge on any atom is -0.383 e. The van der Waals surface area contributed by atoms with Crippen LogP contribution in [0.25, 0.3) is 10.9 Å². The van der Waals surface area contributed by atoms with Crippen molar-refractivity contribution in [1.29, 1.82) is 0 Å². The Balaban J connectivity index is 2.20. The summed E-state index contributed by atoms with van der Waals surface area (Å²) in [6.45, 7) is 5.95. The molecule has 0 unspecified atom stereocenters. The summed E-state index contributed by atoms with van der Waals surface area (Å²) in [4.78, 5) is 40.6. The molecular weight excluding hydrogens is 322 g/mol. The number of aromatic amines is 1. The van der Waals surface area contributed by atoms with E-state index in [2.05, 4.69) is 4.98 Å². The van der Waals surface area contributed by atoms with E-state index in [0.717, 1.165) is 0 Å². The molecule has 0 aliphatic carbocycles. The SMILES string of the molecule is COCCN(CC(C)C)C(=O)CCn1c(=O)[nH]c(=O)c2ccccc21. The minimum atomic E-state index is -0.496. The number of para-hydroxylation sites is 1. The molecule has 7 heteroatoms. The number of ether oxygens (including phenoxy) is 1. The first kappa shape index (κ1) is 18.9. The highest BCUT2D eigenvalue weighted by Gasteiger charge is 2.16. The van der Waals surface area contributed by atoms with Gasteiger partial charge in [0, 0.05) is 33.2 Å². The van der Waals surface area contributed by atoms with Crippen molar-refractivity contribution in [3.8, 4) is 0 Å². The number of fused-ring (bicyclic) bond motifs is 1. The number of carbonyl (C=O) groups excluding carboxylic acids is 1. The molecule has 136 valence electrons. The van der Waals surface area contributed by atoms with Crippen LogP contribution in [0.5, 0.6) is 0 Å². The summed E-state index contributed by atoms with van der Waals surface area (Å²) < 4.78 is 6.51. The van der Waals surface area contributed by atoms with Crippen LogP contribution in [-0.4, -0.2) is 47.2 Å². The van der Waals surface area contributed by atoms with Crippen LogP contribution in [0, 0.1) is 5.92 Å². The van der Waals surface area contributed by atoms with Crippen LogP contribution in [0.4, 0.5) is 0 Å². The highest BCUT2D eigenvalue weighted by atomic mass is 16.5. The molecule has 0 aliphatic rings. The number of carbonyl (C=O) groups is 1. The Morgan fingerprint density at radius 2 is 2.00 bits per heavy atom. The van der Waals surface area contributed by atoms with Crippen LogP contribution in [0.15, 0.2) is 33.9 Å². The van der Waals surface area contributed by atoms with E-state index in [1.54, 1.807) is 36.3 Å². The molecule has 7 nitrogen and oxygen atoms in total. The van der Waals surface area contributed by atoms with E-state index >= 15 is 0 Å². The molecule has 2 aromatic rings. The second-order valence-electron chi connectivity index (χ2n) is 6.40. The number of methoxy groups -OCH3 is 1. The van der Waals surface area contributed by atoms with E-state index < -0.39 is 11.2 Å². The number of benzene rings is 1. The number of nitrogens with zero attached hydrogens (tertiary/aromatic N) is 2. The summed E-state index contributed by atoms with van der Waals surface area (Å²) in [7, 11) is 1.60. The maximum Gasteiger partial charge on any atom is 0.328 e. The fourth-order valence-electron chi connectivity index (χ4n) is 2.79. The molecule has 25 heavy (non-hydrogen) atoms. The Hall–Kier alpha value is -2.41. The lowest BCUT2D eigenvalue weighted by Gasteiger charge is -2.24. The molecule has 2 rings (SSSR count). The van der Waals surface area contributed by atoms with E-state index in [1.165, 1.54) is 4.57 Å². The Kier molecular flexibility index (Phi) is 6.52. The Morgan fingerprint density at radius 1 is 1.28 bits per heavy atom. The molecule has 0 radical (unpaired) electrons. The summed E-state index contributed by atoms with van der Waals surface area (Å²) in [5.41, 5.74) is -0.371. The van der Waals surface area contributed by atoms with Crippen molar-refractivity contribution in [3.05, 3.63) is 45.1 Å². The van der Waals surface area contributed by atoms with E-state index in [4.69, 9.17) is 4.74 Å². The lowest BCUT2D eigenvalue weighted by Crippen LogP contribution is -2.38. The van der Waals surface area contributed by atoms with Gasteiger partial charge in [-0.05, 0) is 18.1 Å². The number of nitrogens with one attached hydrogen (secondary N) is 1. The molecule has 1 heterocycles. The molecular formula is C18H25N3O4. The van der Waals surface area contributed by atoms with E-state index in [9.17, 15) is 14.4 Å². The standard InChI is InChI=1S/C18H25N3O4/c1-13(2)12-20(10-11-25-3)16(22)8-9-21-15-7-5-4-6-14(15)17(23)19-18(21)24/h4-7,13H,8-12H2,1-3H3,(H,19,23,24). The van der Waals surface area contributed by atoms with E-state index in [-0.39, 0.29) is 18.9 Å². The lowest BCUT2D eigenvalue weighted by molar-refractivity contribution is -0.132. The second kappa shape index (κ2) is 8.62. The van der Waals surface area contributed by atoms with Gasteiger partial charge in [-0.25, -0.2) is 4.79 Å². The summed E-state index contributed by atoms with van der Waals surface area (Å²) in [5.74, 6) is 0.311. The highest BCUT2D eigenvalue weighted by Crippen LogP contribution is 2.08. The maximum atomic E-state index is 12.6. The molecule has 1 aromatic heterocycles. The monoisotopic (exact) mass is 347 g/mol. The number of aryl methyl sites for hydroxylation is 1. The van der Waals surface area contributed by atoms with Crippen molar-refractivity contribution in [2.45, 2.75) is 26.8 Å². The van der Waals surface area contributed by atoms with Crippen molar-refractivity contribution < 1.29 is 9.53 Å². The summed E-state index contributed by atoms with van der Waals surface area (Å²) in [6, 6.07) is 6.89. The Bertz CT molecular complexity index is 838. The van der Waals surface area contributed by atoms with Crippen molar-refractivity contribution >= 4 is 16.8 Å². The van der Waals surface area contributed by atoms with Gasteiger partial charge in [0.1, 0.15) is 0 Å². The number of H-pyrrole nitrogens is 1. The quantitative estimate of drug-likeness (QED) is 0.778. The molecule has 0 spiro atoms. The van der Waals surface area contributed by atoms with Gasteiger partial charge in [-0.2, -0.15) is 0 Å². The third-order valence-corrected chi connectivity index (χ3v) is 3.96. The van der Waals surface area contributed by atoms with Crippen molar-refractivity contribution in [3.63, 3.8) is 0 Å². The third kappa shape index (κ3) is 4.79. The first-order valence-corrected chi connectivity index (χ1v) is 8.42. The normalized spacial score (nSPS) is 11.2. The van der Waals surface area contributed by atoms with Gasteiger partial charge in [-0.1, -0.05) is 26.0 Å². The number of amides is 1. The molecule has 0 aliphatic heterocycles. The molecule has 0 saturated carbocycles. The minimum absolute atomic E-state index is 0.0343. The molecule has 0 fully saturated rings. The second-order valence-corrected chi connectivity index (χ2v) is 6.40. The molecule has 0 saturated heterocycles. The fraction of sp³-hybridized carbons (Fsp3) is 0.500. The van der Waals surface area contributed by atoms with Crippen LogP contribution in [0.1, 0.15) is 20.3 Å². The summed E-state index contributed by atoms with van der Waals surface area (Å²) >= 11 is 0. The summed E-state index contributed by atoms with van der Waals surface area (Å²) in [5, 5.41) is 0.438. The fourth-order valence-corrected chi connectivity index (χ4v) is 2.79. The first-order chi connectivity index (χ1) is 11.9. The van der Waals surface area contributed by atoms with Crippen LogP contribution >= 0.6 is 0 Å². The van der Waals surface area contributed by atoms with Crippen LogP contribution in [0.3, 0.4) is 0 Å². The summed E-state index contributed by atoms with van der Waals surface area (Å²) in [6.07, 6.45) is 0.187. The molecule has 0 bridgehead atoms. The molecule has 1 N–H and O–H groups in total. The van der Waals surface area contributed by atoms with Crippen molar-refractivity contribution in [2.75, 3.05) is 26.8 Å². The Morgan fingerprint density at radius 3 is 2.68 bits per heavy atom. The van der Waals surface area contributed by atoms with Gasteiger partial charge in [0.15, 0.2) is 0 Å². The number of hydrogen-bond acceptors (Lipinski definition) is 4. The topological polar surface area (TPSA) is 84.4 Å². The largest absolute Gasteiger partial charge is 0.383 e. The Labute approximate surface area is 146 Å². The predicted molar refractivity (Wildman–Crippen MR) is 96.7 cm³/mol. The lowest BCUT2D eigenvalue weighted by atomic mass is 10.2. The van der Waals surface area contributed by atoms with Gasteiger partial charge >= 0.3 is 5.69 Å². The van der Waals surface area contributed by atoms with Crippen molar-refractivity contribution in [1.82, 2.24) is 14.5 Å². The average Bonchev–Trinajstić information content (AvgIpc) is 2.57. The first-order valence-electron chi connectivity index (χ1n) is 8.42. The number of rotatable bonds is 8. The van der Waals surface area contributed by atoms with Gasteiger partial charge in [0.25, 0.3) is 5.56 Å². The van der Waals surface area contributed by atoms with E-state index in [0.29, 0.717) is 36.5 Å². The number of hydrogen-bond donors (Lipinski definition) is 1. The number of aromatic nitrogens is 2. The predicted octanol–water partition coefficient (Wildman–Crippen LogP) is 1.21. The van der Waals surface area contributed by atoms with Gasteiger partial charge in [-0.15, -0.1) is 0 Å². The van der Waals surface area contributed by atoms with Gasteiger partial charge < -0.3 is 9.64 Å². The molecule has 0 atom stereocenters. The van der Waals surface area contributed by atoms with Gasteiger partial charge in [0.05, 0.1) is 17.5 Å². The van der Waals surface area contributed by atoms with Crippen molar-refractivity contribution in [2.24, 2.45) is 5.92 Å². The average molecular weight is 347 g/mol. The van der Waals surface area contributed by atoms with Crippen LogP contribution in [0.2, 0.25) is 0 Å². The third-order valence-electron chi connectivity index (χ3n) is 3.96. The van der Waals surface area contributed by atoms with E-state index in [1.807, 2.05) is 13.8 Å². The smallest absolute Gasteiger partial charge is 0.328 e. The zero-order chi connectivity index (χ0) is 18.4. The molecule has 1 amide bonds. The van der Waals surface area contributed by atoms with Gasteiger partial charge in [0.2, 0.25) is 5.91 Å². The highest BCUT2D eigenvalue weighted by molar-refractivity contribution is 5.79. The zero-order valence-electron chi connectivity index (χ0n) is 14.9. The molecule has 1 aromatic carbocycles. The maximum absolute atomic E-state index is 12.6.